The van der Waals surface area contributed by atoms with Crippen LogP contribution in [0, 0.1) is 5.92 Å². The molecule has 8 nitrogen and oxygen atoms in total. The minimum atomic E-state index is -1.21. The first-order chi connectivity index (χ1) is 11.0. The van der Waals surface area contributed by atoms with Gasteiger partial charge in [0.2, 0.25) is 5.91 Å². The summed E-state index contributed by atoms with van der Waals surface area (Å²) in [5.41, 5.74) is 5.24. The third-order valence-electron chi connectivity index (χ3n) is 3.81. The number of carboxylic acids is 1. The van der Waals surface area contributed by atoms with E-state index in [2.05, 4.69) is 10.3 Å². The highest BCUT2D eigenvalue weighted by molar-refractivity contribution is 5.97. The Balaban J connectivity index is 2.11. The van der Waals surface area contributed by atoms with Gasteiger partial charge in [-0.2, -0.15) is 0 Å². The molecule has 1 fully saturated rings. The van der Waals surface area contributed by atoms with Crippen LogP contribution >= 0.6 is 0 Å². The third kappa shape index (κ3) is 4.75. The number of pyridine rings is 1. The first-order valence-corrected chi connectivity index (χ1v) is 7.33. The van der Waals surface area contributed by atoms with Gasteiger partial charge in [-0.25, -0.2) is 9.78 Å². The maximum atomic E-state index is 12.3. The van der Waals surface area contributed by atoms with E-state index in [1.54, 1.807) is 0 Å². The van der Waals surface area contributed by atoms with Crippen LogP contribution in [0.5, 0.6) is 0 Å². The lowest BCUT2D eigenvalue weighted by molar-refractivity contribution is -0.118. The molecule has 1 aromatic rings. The van der Waals surface area contributed by atoms with Crippen molar-refractivity contribution in [2.45, 2.75) is 25.3 Å². The van der Waals surface area contributed by atoms with Crippen molar-refractivity contribution in [1.29, 1.82) is 0 Å². The van der Waals surface area contributed by atoms with Crippen LogP contribution in [0.2, 0.25) is 0 Å². The van der Waals surface area contributed by atoms with Crippen molar-refractivity contribution in [3.63, 3.8) is 0 Å². The Labute approximate surface area is 133 Å². The average molecular weight is 321 g/mol. The molecule has 0 aliphatic carbocycles. The molecule has 0 aromatic carbocycles. The van der Waals surface area contributed by atoms with E-state index in [-0.39, 0.29) is 23.6 Å². The molecule has 1 aliphatic rings. The average Bonchev–Trinajstić information content (AvgIpc) is 2.54. The molecule has 1 aromatic heterocycles. The number of nitrogens with one attached hydrogen (secondary N) is 1. The summed E-state index contributed by atoms with van der Waals surface area (Å²) in [6.07, 6.45) is 2.76. The number of amides is 2. The van der Waals surface area contributed by atoms with E-state index in [4.69, 9.17) is 15.6 Å². The van der Waals surface area contributed by atoms with Gasteiger partial charge in [0.05, 0.1) is 0 Å². The molecule has 0 saturated carbocycles. The van der Waals surface area contributed by atoms with Gasteiger partial charge >= 0.3 is 5.97 Å². The molecule has 1 atom stereocenters. The summed E-state index contributed by atoms with van der Waals surface area (Å²) in [7, 11) is 0. The highest BCUT2D eigenvalue weighted by Gasteiger charge is 2.27. The van der Waals surface area contributed by atoms with Gasteiger partial charge in [0.15, 0.2) is 0 Å². The van der Waals surface area contributed by atoms with Crippen LogP contribution in [0.15, 0.2) is 18.3 Å². The molecule has 4 N–H and O–H groups in total. The molecule has 0 spiro atoms. The van der Waals surface area contributed by atoms with E-state index in [1.165, 1.54) is 18.3 Å². The number of carbonyl (C=O) groups is 3. The molecule has 2 heterocycles. The number of ether oxygens (including phenoxy) is 1. The van der Waals surface area contributed by atoms with Crippen LogP contribution in [0.25, 0.3) is 0 Å². The normalized spacial score (nSPS) is 16.5. The molecule has 0 bridgehead atoms. The number of hydrogen-bond donors (Lipinski definition) is 3. The standard InChI is InChI=1S/C15H19N3O5/c16-13(19)8-11(9-2-5-23-6-3-9)18-14(20)10-1-4-17-12(7-10)15(21)22/h1,4,7,9,11H,2-3,5-6,8H2,(H2,16,19)(H,18,20)(H,21,22). The summed E-state index contributed by atoms with van der Waals surface area (Å²) in [4.78, 5) is 38.2. The minimum absolute atomic E-state index is 0.0350. The molecule has 1 saturated heterocycles. The SMILES string of the molecule is NC(=O)CC(NC(=O)c1ccnc(C(=O)O)c1)C1CCOCC1. The fourth-order valence-electron chi connectivity index (χ4n) is 2.61. The van der Waals surface area contributed by atoms with Crippen LogP contribution in [-0.4, -0.2) is 47.1 Å². The second-order valence-electron chi connectivity index (χ2n) is 5.44. The number of carboxylic acid groups (broad SMARTS) is 1. The molecule has 1 aliphatic heterocycles. The zero-order valence-electron chi connectivity index (χ0n) is 12.5. The Hall–Kier alpha value is -2.48. The van der Waals surface area contributed by atoms with Crippen molar-refractivity contribution >= 4 is 17.8 Å². The van der Waals surface area contributed by atoms with Crippen LogP contribution in [0.4, 0.5) is 0 Å². The molecule has 8 heteroatoms. The number of primary amides is 1. The number of nitrogens with two attached hydrogens (primary N) is 1. The molecule has 2 amide bonds. The Kier molecular flexibility index (Phi) is 5.64. The number of nitrogens with zero attached hydrogens (tertiary/aromatic N) is 1. The number of aromatic nitrogens is 1. The lowest BCUT2D eigenvalue weighted by Crippen LogP contribution is -2.44. The smallest absolute Gasteiger partial charge is 0.354 e. The van der Waals surface area contributed by atoms with Crippen molar-refractivity contribution < 1.29 is 24.2 Å². The van der Waals surface area contributed by atoms with Crippen LogP contribution in [-0.2, 0) is 9.53 Å². The van der Waals surface area contributed by atoms with E-state index in [1.807, 2.05) is 0 Å². The van der Waals surface area contributed by atoms with E-state index in [9.17, 15) is 14.4 Å². The lowest BCUT2D eigenvalue weighted by atomic mass is 9.89. The van der Waals surface area contributed by atoms with Crippen LogP contribution in [0.1, 0.15) is 40.1 Å². The Morgan fingerprint density at radius 3 is 2.70 bits per heavy atom. The summed E-state index contributed by atoms with van der Waals surface area (Å²) >= 11 is 0. The lowest BCUT2D eigenvalue weighted by Gasteiger charge is -2.30. The second kappa shape index (κ2) is 7.68. The number of rotatable bonds is 6. The van der Waals surface area contributed by atoms with E-state index < -0.39 is 23.8 Å². The van der Waals surface area contributed by atoms with Gasteiger partial charge in [-0.05, 0) is 30.9 Å². The van der Waals surface area contributed by atoms with Crippen molar-refractivity contribution in [3.05, 3.63) is 29.6 Å². The largest absolute Gasteiger partial charge is 0.477 e. The predicted molar refractivity (Wildman–Crippen MR) is 79.8 cm³/mol. The van der Waals surface area contributed by atoms with Gasteiger partial charge in [0.25, 0.3) is 5.91 Å². The molecule has 124 valence electrons. The number of carbonyl (C=O) groups excluding carboxylic acids is 2. The fourth-order valence-corrected chi connectivity index (χ4v) is 2.61. The maximum Gasteiger partial charge on any atom is 0.354 e. The first-order valence-electron chi connectivity index (χ1n) is 7.33. The second-order valence-corrected chi connectivity index (χ2v) is 5.44. The topological polar surface area (TPSA) is 132 Å². The zero-order valence-corrected chi connectivity index (χ0v) is 12.5. The van der Waals surface area contributed by atoms with Gasteiger partial charge in [-0.1, -0.05) is 0 Å². The molecular formula is C15H19N3O5. The molecule has 2 rings (SSSR count). The molecular weight excluding hydrogens is 302 g/mol. The highest BCUT2D eigenvalue weighted by atomic mass is 16.5. The van der Waals surface area contributed by atoms with Crippen LogP contribution < -0.4 is 11.1 Å². The number of hydrogen-bond acceptors (Lipinski definition) is 5. The van der Waals surface area contributed by atoms with E-state index in [0.29, 0.717) is 13.2 Å². The zero-order chi connectivity index (χ0) is 16.8. The predicted octanol–water partition coefficient (Wildman–Crippen LogP) is 0.180. The van der Waals surface area contributed by atoms with E-state index in [0.717, 1.165) is 12.8 Å². The molecule has 0 radical (unpaired) electrons. The van der Waals surface area contributed by atoms with Crippen molar-refractivity contribution in [2.24, 2.45) is 11.7 Å². The maximum absolute atomic E-state index is 12.3. The summed E-state index contributed by atoms with van der Waals surface area (Å²) in [5.74, 6) is -2.06. The Morgan fingerprint density at radius 2 is 2.09 bits per heavy atom. The van der Waals surface area contributed by atoms with Crippen LogP contribution in [0.3, 0.4) is 0 Å². The number of aromatic carboxylic acids is 1. The van der Waals surface area contributed by atoms with Crippen molar-refractivity contribution in [1.82, 2.24) is 10.3 Å². The molecule has 23 heavy (non-hydrogen) atoms. The Bertz CT molecular complexity index is 599. The monoisotopic (exact) mass is 321 g/mol. The van der Waals surface area contributed by atoms with Crippen molar-refractivity contribution in [2.75, 3.05) is 13.2 Å². The van der Waals surface area contributed by atoms with Gasteiger partial charge < -0.3 is 20.9 Å². The van der Waals surface area contributed by atoms with E-state index >= 15 is 0 Å². The molecule has 1 unspecified atom stereocenters. The fraction of sp³-hybridized carbons (Fsp3) is 0.467. The highest BCUT2D eigenvalue weighted by Crippen LogP contribution is 2.21. The summed E-state index contributed by atoms with van der Waals surface area (Å²) in [5, 5.41) is 11.7. The minimum Gasteiger partial charge on any atom is -0.477 e. The van der Waals surface area contributed by atoms with Gasteiger partial charge in [-0.15, -0.1) is 0 Å². The third-order valence-corrected chi connectivity index (χ3v) is 3.81. The Morgan fingerprint density at radius 1 is 1.39 bits per heavy atom. The first kappa shape index (κ1) is 16.9. The van der Waals surface area contributed by atoms with Crippen molar-refractivity contribution in [3.8, 4) is 0 Å². The van der Waals surface area contributed by atoms with Gasteiger partial charge in [0, 0.05) is 37.4 Å². The quantitative estimate of drug-likeness (QED) is 0.685. The van der Waals surface area contributed by atoms with Gasteiger partial charge in [0.1, 0.15) is 5.69 Å². The van der Waals surface area contributed by atoms with Gasteiger partial charge in [-0.3, -0.25) is 9.59 Å². The summed E-state index contributed by atoms with van der Waals surface area (Å²) in [6.45, 7) is 1.16. The summed E-state index contributed by atoms with van der Waals surface area (Å²) in [6, 6.07) is 2.22. The summed E-state index contributed by atoms with van der Waals surface area (Å²) < 4.78 is 5.28.